The Kier molecular flexibility index (Phi) is 6.72. The number of ether oxygens (including phenoxy) is 1. The number of nitrogens with one attached hydrogen (secondary N) is 1. The molecule has 0 aromatic heterocycles. The number of benzene rings is 1. The minimum Gasteiger partial charge on any atom is -0.410 e. The Bertz CT molecular complexity index is 474. The van der Waals surface area contributed by atoms with Crippen LogP contribution in [0.3, 0.4) is 0 Å². The summed E-state index contributed by atoms with van der Waals surface area (Å²) in [6, 6.07) is 8.00. The van der Waals surface area contributed by atoms with E-state index in [1.54, 1.807) is 0 Å². The molecule has 1 N–H and O–H groups in total. The minimum absolute atomic E-state index is 0.366. The van der Waals surface area contributed by atoms with Crippen molar-refractivity contribution in [3.63, 3.8) is 0 Å². The molecule has 1 unspecified atom stereocenters. The fourth-order valence-electron chi connectivity index (χ4n) is 3.05. The van der Waals surface area contributed by atoms with Gasteiger partial charge in [0.05, 0.1) is 0 Å². The number of hydrogen-bond acceptors (Lipinski definition) is 3. The zero-order valence-corrected chi connectivity index (χ0v) is 13.8. The molecule has 22 heavy (non-hydrogen) atoms. The highest BCUT2D eigenvalue weighted by Gasteiger charge is 2.21. The van der Waals surface area contributed by atoms with Gasteiger partial charge in [0, 0.05) is 13.1 Å². The van der Waals surface area contributed by atoms with E-state index in [1.807, 2.05) is 25.1 Å². The standard InChI is InChI=1S/C18H28N2O2/c1-3-10-19-18(21)22-17-9-5-7-15(13-17)16-8-6-12-20(14-16)11-4-2/h5,7,9,13,16H,3-4,6,8,10-12,14H2,1-2H3,(H,19,21). The average molecular weight is 304 g/mol. The van der Waals surface area contributed by atoms with Gasteiger partial charge in [0.15, 0.2) is 0 Å². The first-order valence-corrected chi connectivity index (χ1v) is 8.51. The second-order valence-electron chi connectivity index (χ2n) is 6.03. The van der Waals surface area contributed by atoms with Crippen molar-refractivity contribution in [2.75, 3.05) is 26.2 Å². The van der Waals surface area contributed by atoms with Gasteiger partial charge in [-0.15, -0.1) is 0 Å². The van der Waals surface area contributed by atoms with Crippen LogP contribution < -0.4 is 10.1 Å². The van der Waals surface area contributed by atoms with E-state index in [4.69, 9.17) is 4.74 Å². The average Bonchev–Trinajstić information content (AvgIpc) is 2.54. The number of carbonyl (C=O) groups excluding carboxylic acids is 1. The molecule has 1 aromatic carbocycles. The Balaban J connectivity index is 1.97. The second-order valence-corrected chi connectivity index (χ2v) is 6.03. The first kappa shape index (κ1) is 16.8. The maximum Gasteiger partial charge on any atom is 0.412 e. The van der Waals surface area contributed by atoms with Gasteiger partial charge < -0.3 is 15.0 Å². The summed E-state index contributed by atoms with van der Waals surface area (Å²) in [6.07, 6.45) is 4.20. The summed E-state index contributed by atoms with van der Waals surface area (Å²) in [5, 5.41) is 2.73. The Hall–Kier alpha value is -1.55. The fourth-order valence-corrected chi connectivity index (χ4v) is 3.05. The van der Waals surface area contributed by atoms with Gasteiger partial charge in [-0.05, 0) is 62.4 Å². The van der Waals surface area contributed by atoms with Crippen LogP contribution in [0.1, 0.15) is 51.0 Å². The topological polar surface area (TPSA) is 41.6 Å². The van der Waals surface area contributed by atoms with Crippen molar-refractivity contribution in [2.24, 2.45) is 0 Å². The summed E-state index contributed by atoms with van der Waals surface area (Å²) in [6.45, 7) is 8.39. The van der Waals surface area contributed by atoms with E-state index in [1.165, 1.54) is 37.9 Å². The van der Waals surface area contributed by atoms with Crippen molar-refractivity contribution >= 4 is 6.09 Å². The molecule has 1 fully saturated rings. The van der Waals surface area contributed by atoms with Crippen molar-refractivity contribution in [1.29, 1.82) is 0 Å². The van der Waals surface area contributed by atoms with Crippen molar-refractivity contribution in [3.8, 4) is 5.75 Å². The summed E-state index contributed by atoms with van der Waals surface area (Å²) in [5.74, 6) is 1.18. The molecule has 4 nitrogen and oxygen atoms in total. The third-order valence-corrected chi connectivity index (χ3v) is 4.10. The molecule has 0 aliphatic carbocycles. The summed E-state index contributed by atoms with van der Waals surface area (Å²) in [5.41, 5.74) is 1.28. The molecule has 0 spiro atoms. The van der Waals surface area contributed by atoms with Gasteiger partial charge in [0.25, 0.3) is 0 Å². The fraction of sp³-hybridized carbons (Fsp3) is 0.611. The van der Waals surface area contributed by atoms with Gasteiger partial charge >= 0.3 is 6.09 Å². The molecule has 0 radical (unpaired) electrons. The van der Waals surface area contributed by atoms with E-state index in [-0.39, 0.29) is 6.09 Å². The van der Waals surface area contributed by atoms with E-state index in [0.717, 1.165) is 13.0 Å². The number of nitrogens with zero attached hydrogens (tertiary/aromatic N) is 1. The number of piperidine rings is 1. The smallest absolute Gasteiger partial charge is 0.410 e. The molecular weight excluding hydrogens is 276 g/mol. The molecule has 1 atom stereocenters. The first-order valence-electron chi connectivity index (χ1n) is 8.51. The highest BCUT2D eigenvalue weighted by molar-refractivity contribution is 5.70. The molecule has 1 aromatic rings. The lowest BCUT2D eigenvalue weighted by Gasteiger charge is -2.32. The predicted molar refractivity (Wildman–Crippen MR) is 89.5 cm³/mol. The lowest BCUT2D eigenvalue weighted by Crippen LogP contribution is -2.34. The van der Waals surface area contributed by atoms with Crippen molar-refractivity contribution in [1.82, 2.24) is 10.2 Å². The van der Waals surface area contributed by atoms with Crippen LogP contribution >= 0.6 is 0 Å². The lowest BCUT2D eigenvalue weighted by atomic mass is 9.90. The number of hydrogen-bond donors (Lipinski definition) is 1. The molecule has 1 heterocycles. The van der Waals surface area contributed by atoms with Crippen LogP contribution in [-0.2, 0) is 0 Å². The van der Waals surface area contributed by atoms with E-state index in [2.05, 4.69) is 23.2 Å². The van der Waals surface area contributed by atoms with Gasteiger partial charge in [-0.3, -0.25) is 0 Å². The Morgan fingerprint density at radius 2 is 2.23 bits per heavy atom. The van der Waals surface area contributed by atoms with Gasteiger partial charge in [0.2, 0.25) is 0 Å². The number of likely N-dealkylation sites (tertiary alicyclic amines) is 1. The van der Waals surface area contributed by atoms with Crippen molar-refractivity contribution in [2.45, 2.75) is 45.4 Å². The Morgan fingerprint density at radius 3 is 3.00 bits per heavy atom. The molecule has 0 bridgehead atoms. The molecule has 2 rings (SSSR count). The van der Waals surface area contributed by atoms with Crippen LogP contribution in [0.4, 0.5) is 4.79 Å². The molecule has 1 aliphatic heterocycles. The molecule has 0 saturated carbocycles. The molecular formula is C18H28N2O2. The van der Waals surface area contributed by atoms with Crippen LogP contribution in [0.15, 0.2) is 24.3 Å². The maximum atomic E-state index is 11.7. The molecule has 4 heteroatoms. The third-order valence-electron chi connectivity index (χ3n) is 4.10. The predicted octanol–water partition coefficient (Wildman–Crippen LogP) is 3.77. The van der Waals surface area contributed by atoms with Crippen LogP contribution in [0.25, 0.3) is 0 Å². The molecule has 1 aliphatic rings. The van der Waals surface area contributed by atoms with Crippen molar-refractivity contribution < 1.29 is 9.53 Å². The summed E-state index contributed by atoms with van der Waals surface area (Å²) in [7, 11) is 0. The minimum atomic E-state index is -0.366. The van der Waals surface area contributed by atoms with E-state index in [9.17, 15) is 4.79 Å². The third kappa shape index (κ3) is 5.02. The summed E-state index contributed by atoms with van der Waals surface area (Å²) in [4.78, 5) is 14.2. The monoisotopic (exact) mass is 304 g/mol. The van der Waals surface area contributed by atoms with Crippen LogP contribution in [-0.4, -0.2) is 37.2 Å². The Morgan fingerprint density at radius 1 is 1.36 bits per heavy atom. The molecule has 1 saturated heterocycles. The van der Waals surface area contributed by atoms with Crippen LogP contribution in [0, 0.1) is 0 Å². The highest BCUT2D eigenvalue weighted by atomic mass is 16.6. The SMILES string of the molecule is CCCNC(=O)Oc1cccc(C2CCCN(CCC)C2)c1. The number of carbonyl (C=O) groups is 1. The zero-order valence-electron chi connectivity index (χ0n) is 13.8. The molecule has 1 amide bonds. The molecule has 122 valence electrons. The zero-order chi connectivity index (χ0) is 15.8. The Labute approximate surface area is 133 Å². The van der Waals surface area contributed by atoms with Gasteiger partial charge in [-0.1, -0.05) is 26.0 Å². The van der Waals surface area contributed by atoms with E-state index >= 15 is 0 Å². The second kappa shape index (κ2) is 8.79. The van der Waals surface area contributed by atoms with Crippen LogP contribution in [0.2, 0.25) is 0 Å². The maximum absolute atomic E-state index is 11.7. The normalized spacial score (nSPS) is 18.9. The van der Waals surface area contributed by atoms with Gasteiger partial charge in [-0.25, -0.2) is 4.79 Å². The first-order chi connectivity index (χ1) is 10.7. The summed E-state index contributed by atoms with van der Waals surface area (Å²) < 4.78 is 5.36. The lowest BCUT2D eigenvalue weighted by molar-refractivity contribution is 0.199. The van der Waals surface area contributed by atoms with Crippen LogP contribution in [0.5, 0.6) is 5.75 Å². The van der Waals surface area contributed by atoms with E-state index < -0.39 is 0 Å². The largest absolute Gasteiger partial charge is 0.412 e. The number of amides is 1. The summed E-state index contributed by atoms with van der Waals surface area (Å²) >= 11 is 0. The highest BCUT2D eigenvalue weighted by Crippen LogP contribution is 2.29. The van der Waals surface area contributed by atoms with Gasteiger partial charge in [-0.2, -0.15) is 0 Å². The van der Waals surface area contributed by atoms with Gasteiger partial charge in [0.1, 0.15) is 5.75 Å². The number of rotatable bonds is 6. The van der Waals surface area contributed by atoms with E-state index in [0.29, 0.717) is 18.2 Å². The van der Waals surface area contributed by atoms with Crippen molar-refractivity contribution in [3.05, 3.63) is 29.8 Å². The quantitative estimate of drug-likeness (QED) is 0.869.